The van der Waals surface area contributed by atoms with E-state index in [9.17, 15) is 4.79 Å². The number of nitrogens with one attached hydrogen (secondary N) is 2. The summed E-state index contributed by atoms with van der Waals surface area (Å²) in [6, 6.07) is 0.376. The quantitative estimate of drug-likeness (QED) is 0.883. The molecule has 1 aliphatic heterocycles. The zero-order valence-electron chi connectivity index (χ0n) is 14.1. The first-order chi connectivity index (χ1) is 10.7. The van der Waals surface area contributed by atoms with Crippen molar-refractivity contribution in [3.63, 3.8) is 0 Å². The van der Waals surface area contributed by atoms with E-state index in [0.29, 0.717) is 12.0 Å². The van der Waals surface area contributed by atoms with Crippen LogP contribution < -0.4 is 10.6 Å². The van der Waals surface area contributed by atoms with Gasteiger partial charge in [0.1, 0.15) is 0 Å². The fraction of sp³-hybridized carbons (Fsp3) is 0.765. The average Bonchev–Trinajstić information content (AvgIpc) is 3.16. The Kier molecular flexibility index (Phi) is 6.48. The Morgan fingerprint density at radius 3 is 2.87 bits per heavy atom. The monoisotopic (exact) mass is 340 g/mol. The lowest BCUT2D eigenvalue weighted by Gasteiger charge is -2.32. The Morgan fingerprint density at radius 2 is 2.17 bits per heavy atom. The highest BCUT2D eigenvalue weighted by molar-refractivity contribution is 5.85. The van der Waals surface area contributed by atoms with E-state index >= 15 is 0 Å². The fourth-order valence-corrected chi connectivity index (χ4v) is 4.11. The van der Waals surface area contributed by atoms with E-state index in [4.69, 9.17) is 0 Å². The number of hydrogen-bond donors (Lipinski definition) is 2. The summed E-state index contributed by atoms with van der Waals surface area (Å²) in [6.07, 6.45) is 10.1. The first-order valence-electron chi connectivity index (χ1n) is 8.68. The molecule has 1 amide bonds. The van der Waals surface area contributed by atoms with Gasteiger partial charge in [-0.05, 0) is 24.3 Å². The summed E-state index contributed by atoms with van der Waals surface area (Å²) in [4.78, 5) is 12.8. The van der Waals surface area contributed by atoms with Gasteiger partial charge in [-0.2, -0.15) is 5.10 Å². The number of hydrogen-bond acceptors (Lipinski definition) is 3. The number of aromatic nitrogens is 2. The van der Waals surface area contributed by atoms with Crippen molar-refractivity contribution < 1.29 is 4.79 Å². The smallest absolute Gasteiger partial charge is 0.225 e. The Labute approximate surface area is 145 Å². The van der Waals surface area contributed by atoms with Gasteiger partial charge in [0.15, 0.2) is 0 Å². The molecule has 3 rings (SSSR count). The molecule has 0 aromatic carbocycles. The van der Waals surface area contributed by atoms with Gasteiger partial charge in [0.25, 0.3) is 0 Å². The number of amides is 1. The maximum atomic E-state index is 12.8. The molecule has 130 valence electrons. The average molecular weight is 341 g/mol. The van der Waals surface area contributed by atoms with Crippen molar-refractivity contribution in [2.24, 2.45) is 18.9 Å². The maximum Gasteiger partial charge on any atom is 0.225 e. The number of halogens is 1. The van der Waals surface area contributed by atoms with Gasteiger partial charge >= 0.3 is 0 Å². The second-order valence-corrected chi connectivity index (χ2v) is 6.89. The molecule has 4 atom stereocenters. The van der Waals surface area contributed by atoms with Crippen LogP contribution >= 0.6 is 12.4 Å². The van der Waals surface area contributed by atoms with E-state index in [2.05, 4.69) is 22.7 Å². The number of nitrogens with zero attached hydrogens (tertiary/aromatic N) is 2. The minimum Gasteiger partial charge on any atom is -0.353 e. The predicted molar refractivity (Wildman–Crippen MR) is 93.7 cm³/mol. The van der Waals surface area contributed by atoms with Crippen molar-refractivity contribution in [2.75, 3.05) is 13.1 Å². The topological polar surface area (TPSA) is 59.0 Å². The summed E-state index contributed by atoms with van der Waals surface area (Å²) < 4.78 is 1.82. The third-order valence-electron chi connectivity index (χ3n) is 5.47. The summed E-state index contributed by atoms with van der Waals surface area (Å²) in [6.45, 7) is 3.88. The predicted octanol–water partition coefficient (Wildman–Crippen LogP) is 2.23. The Balaban J connectivity index is 0.00000192. The number of carbonyl (C=O) groups excluding carboxylic acids is 1. The molecule has 23 heavy (non-hydrogen) atoms. The lowest BCUT2D eigenvalue weighted by atomic mass is 9.82. The van der Waals surface area contributed by atoms with Gasteiger partial charge in [0, 0.05) is 38.3 Å². The molecule has 1 aromatic heterocycles. The van der Waals surface area contributed by atoms with Crippen LogP contribution in [-0.4, -0.2) is 34.8 Å². The van der Waals surface area contributed by atoms with Gasteiger partial charge in [-0.25, -0.2) is 0 Å². The normalized spacial score (nSPS) is 30.7. The van der Waals surface area contributed by atoms with Crippen molar-refractivity contribution in [2.45, 2.75) is 51.0 Å². The lowest BCUT2D eigenvalue weighted by molar-refractivity contribution is -0.126. The van der Waals surface area contributed by atoms with Crippen LogP contribution in [0.1, 0.15) is 50.5 Å². The van der Waals surface area contributed by atoms with E-state index < -0.39 is 0 Å². The van der Waals surface area contributed by atoms with Crippen LogP contribution in [0.2, 0.25) is 0 Å². The highest BCUT2D eigenvalue weighted by Gasteiger charge is 2.36. The molecule has 2 N–H and O–H groups in total. The first-order valence-corrected chi connectivity index (χ1v) is 8.68. The Morgan fingerprint density at radius 1 is 1.39 bits per heavy atom. The molecule has 0 spiro atoms. The van der Waals surface area contributed by atoms with Crippen LogP contribution in [-0.2, 0) is 11.8 Å². The number of aryl methyl sites for hydroxylation is 1. The summed E-state index contributed by atoms with van der Waals surface area (Å²) >= 11 is 0. The molecule has 2 fully saturated rings. The largest absolute Gasteiger partial charge is 0.353 e. The van der Waals surface area contributed by atoms with E-state index in [1.54, 1.807) is 0 Å². The molecule has 2 aliphatic rings. The molecular formula is C17H29ClN4O. The zero-order chi connectivity index (χ0) is 15.5. The molecule has 1 aromatic rings. The molecule has 2 heterocycles. The molecular weight excluding hydrogens is 312 g/mol. The fourth-order valence-electron chi connectivity index (χ4n) is 4.11. The summed E-state index contributed by atoms with van der Waals surface area (Å²) in [5.74, 6) is 1.16. The molecule has 1 saturated heterocycles. The summed E-state index contributed by atoms with van der Waals surface area (Å²) in [5, 5.41) is 11.0. The minimum absolute atomic E-state index is 0. The summed E-state index contributed by atoms with van der Waals surface area (Å²) in [7, 11) is 1.93. The Bertz CT molecular complexity index is 518. The molecule has 0 radical (unpaired) electrons. The molecule has 1 aliphatic carbocycles. The van der Waals surface area contributed by atoms with Crippen molar-refractivity contribution in [1.82, 2.24) is 20.4 Å². The molecule has 0 bridgehead atoms. The van der Waals surface area contributed by atoms with E-state index in [1.807, 2.05) is 24.1 Å². The van der Waals surface area contributed by atoms with Crippen LogP contribution in [0.5, 0.6) is 0 Å². The zero-order valence-corrected chi connectivity index (χ0v) is 14.9. The highest BCUT2D eigenvalue weighted by Crippen LogP contribution is 2.30. The third kappa shape index (κ3) is 4.07. The van der Waals surface area contributed by atoms with Crippen LogP contribution in [0.25, 0.3) is 0 Å². The van der Waals surface area contributed by atoms with Gasteiger partial charge < -0.3 is 10.6 Å². The maximum absolute atomic E-state index is 12.8. The highest BCUT2D eigenvalue weighted by atomic mass is 35.5. The standard InChI is InChI=1S/C17H28N4O.ClH/c1-3-12-6-4-5-7-16(12)20-17(22)15-10-18-9-14(15)13-8-19-21(2)11-13;/h8,11-12,14-16,18H,3-7,9-10H2,1-2H3,(H,20,22);1H/t12?,14-,15+,16?;/m1./s1. The van der Waals surface area contributed by atoms with Crippen LogP contribution in [0.3, 0.4) is 0 Å². The number of rotatable bonds is 4. The van der Waals surface area contributed by atoms with Crippen molar-refractivity contribution in [3.8, 4) is 0 Å². The van der Waals surface area contributed by atoms with Crippen LogP contribution in [0.15, 0.2) is 12.4 Å². The van der Waals surface area contributed by atoms with Gasteiger partial charge in [0.05, 0.1) is 12.1 Å². The Hall–Kier alpha value is -1.07. The van der Waals surface area contributed by atoms with Gasteiger partial charge in [-0.1, -0.05) is 26.2 Å². The molecule has 2 unspecified atom stereocenters. The van der Waals surface area contributed by atoms with Gasteiger partial charge in [-0.15, -0.1) is 12.4 Å². The molecule has 6 heteroatoms. The van der Waals surface area contributed by atoms with Gasteiger partial charge in [0.2, 0.25) is 5.91 Å². The van der Waals surface area contributed by atoms with E-state index in [1.165, 1.54) is 31.2 Å². The minimum atomic E-state index is 0. The van der Waals surface area contributed by atoms with Crippen molar-refractivity contribution >= 4 is 18.3 Å². The van der Waals surface area contributed by atoms with Gasteiger partial charge in [-0.3, -0.25) is 9.48 Å². The van der Waals surface area contributed by atoms with E-state index in [-0.39, 0.29) is 30.2 Å². The van der Waals surface area contributed by atoms with E-state index in [0.717, 1.165) is 19.5 Å². The summed E-state index contributed by atoms with van der Waals surface area (Å²) in [5.41, 5.74) is 1.17. The first kappa shape index (κ1) is 18.3. The molecule has 5 nitrogen and oxygen atoms in total. The second-order valence-electron chi connectivity index (χ2n) is 6.89. The second kappa shape index (κ2) is 8.15. The molecule has 1 saturated carbocycles. The SMILES string of the molecule is CCC1CCCCC1NC(=O)[C@H]1CNC[C@@H]1c1cnn(C)c1.Cl. The lowest BCUT2D eigenvalue weighted by Crippen LogP contribution is -2.45. The van der Waals surface area contributed by atoms with Crippen LogP contribution in [0, 0.1) is 11.8 Å². The van der Waals surface area contributed by atoms with Crippen molar-refractivity contribution in [3.05, 3.63) is 18.0 Å². The third-order valence-corrected chi connectivity index (χ3v) is 5.47. The number of carbonyl (C=O) groups is 1. The van der Waals surface area contributed by atoms with Crippen molar-refractivity contribution in [1.29, 1.82) is 0 Å². The van der Waals surface area contributed by atoms with Crippen LogP contribution in [0.4, 0.5) is 0 Å².